The molecule has 5 rings (SSSR count). The molecule has 2 aromatic heterocycles. The van der Waals surface area contributed by atoms with Crippen LogP contribution in [0.25, 0.3) is 11.2 Å². The summed E-state index contributed by atoms with van der Waals surface area (Å²) >= 11 is 0. The van der Waals surface area contributed by atoms with Gasteiger partial charge in [-0.15, -0.1) is 0 Å². The molecule has 2 bridgehead atoms. The topological polar surface area (TPSA) is 172 Å². The van der Waals surface area contributed by atoms with Gasteiger partial charge >= 0.3 is 0 Å². The molecule has 1 amide bonds. The van der Waals surface area contributed by atoms with Crippen molar-refractivity contribution in [2.75, 3.05) is 12.8 Å². The van der Waals surface area contributed by atoms with E-state index in [1.54, 1.807) is 16.7 Å². The fourth-order valence-corrected chi connectivity index (χ4v) is 4.49. The number of imidazole rings is 1. The lowest BCUT2D eigenvalue weighted by molar-refractivity contribution is -0.120. The van der Waals surface area contributed by atoms with Crippen molar-refractivity contribution in [3.63, 3.8) is 0 Å². The van der Waals surface area contributed by atoms with E-state index < -0.39 is 41.8 Å². The third-order valence-electron chi connectivity index (χ3n) is 6.20. The molecule has 4 heterocycles. The number of ether oxygens (including phenoxy) is 2. The van der Waals surface area contributed by atoms with E-state index in [9.17, 15) is 19.5 Å². The number of aromatic nitrogens is 4. The summed E-state index contributed by atoms with van der Waals surface area (Å²) in [6, 6.07) is 0. The predicted molar refractivity (Wildman–Crippen MR) is 121 cm³/mol. The Morgan fingerprint density at radius 3 is 2.86 bits per heavy atom. The van der Waals surface area contributed by atoms with E-state index >= 15 is 0 Å². The molecule has 0 unspecified atom stereocenters. The van der Waals surface area contributed by atoms with Crippen LogP contribution < -0.4 is 11.1 Å². The highest BCUT2D eigenvalue weighted by molar-refractivity contribution is 6.23. The second-order valence-corrected chi connectivity index (χ2v) is 8.25. The van der Waals surface area contributed by atoms with Crippen molar-refractivity contribution in [2.45, 2.75) is 31.3 Å². The quantitative estimate of drug-likeness (QED) is 0.401. The van der Waals surface area contributed by atoms with Crippen molar-refractivity contribution < 1.29 is 29.0 Å². The van der Waals surface area contributed by atoms with E-state index in [-0.39, 0.29) is 29.3 Å². The number of nitrogens with two attached hydrogens (primary N) is 1. The van der Waals surface area contributed by atoms with Gasteiger partial charge in [-0.2, -0.15) is 0 Å². The van der Waals surface area contributed by atoms with Crippen molar-refractivity contribution >= 4 is 34.5 Å². The zero-order valence-electron chi connectivity index (χ0n) is 18.6. The van der Waals surface area contributed by atoms with E-state index in [2.05, 4.69) is 20.3 Å². The summed E-state index contributed by atoms with van der Waals surface area (Å²) in [5, 5.41) is 13.6. The monoisotopic (exact) mass is 478 g/mol. The van der Waals surface area contributed by atoms with Crippen molar-refractivity contribution in [2.24, 2.45) is 5.92 Å². The second-order valence-electron chi connectivity index (χ2n) is 8.25. The number of carbonyl (C=O) groups excluding carboxylic acids is 3. The lowest BCUT2D eigenvalue weighted by atomic mass is 9.92. The number of aliphatic hydroxyl groups is 1. The molecule has 4 N–H and O–H groups in total. The third-order valence-corrected chi connectivity index (χ3v) is 6.20. The molecule has 0 aromatic carbocycles. The van der Waals surface area contributed by atoms with Gasteiger partial charge in [-0.25, -0.2) is 15.0 Å². The molecule has 0 saturated carbocycles. The summed E-state index contributed by atoms with van der Waals surface area (Å²) in [7, 11) is 1.31. The number of nitrogen functional groups attached to an aromatic ring is 1. The summed E-state index contributed by atoms with van der Waals surface area (Å²) in [5.74, 6) is -1.88. The van der Waals surface area contributed by atoms with Crippen LogP contribution in [-0.4, -0.2) is 61.4 Å². The molecular formula is C23H22N6O6. The molecule has 1 aliphatic carbocycles. The van der Waals surface area contributed by atoms with Crippen LogP contribution in [0.3, 0.4) is 0 Å². The van der Waals surface area contributed by atoms with Crippen LogP contribution in [0.4, 0.5) is 5.82 Å². The number of hydrogen-bond acceptors (Lipinski definition) is 10. The molecule has 2 aromatic rings. The van der Waals surface area contributed by atoms with Gasteiger partial charge in [0.2, 0.25) is 17.5 Å². The van der Waals surface area contributed by atoms with Crippen molar-refractivity contribution in [1.82, 2.24) is 24.8 Å². The Labute approximate surface area is 198 Å². The van der Waals surface area contributed by atoms with Gasteiger partial charge in [-0.1, -0.05) is 12.2 Å². The first-order valence-corrected chi connectivity index (χ1v) is 10.9. The van der Waals surface area contributed by atoms with Crippen molar-refractivity contribution in [3.8, 4) is 0 Å². The highest BCUT2D eigenvalue weighted by Gasteiger charge is 2.43. The Balaban J connectivity index is 1.48. The highest BCUT2D eigenvalue weighted by Crippen LogP contribution is 2.38. The number of ketones is 2. The molecule has 35 heavy (non-hydrogen) atoms. The number of allylic oxidation sites excluding steroid dienone is 4. The Bertz CT molecular complexity index is 1360. The fourth-order valence-electron chi connectivity index (χ4n) is 4.49. The molecule has 12 nitrogen and oxygen atoms in total. The van der Waals surface area contributed by atoms with Crippen LogP contribution in [0, 0.1) is 5.92 Å². The summed E-state index contributed by atoms with van der Waals surface area (Å²) in [6.45, 7) is 0. The summed E-state index contributed by atoms with van der Waals surface area (Å²) in [4.78, 5) is 50.1. The van der Waals surface area contributed by atoms with E-state index in [0.29, 0.717) is 17.6 Å². The number of amides is 1. The number of nitrogens with zero attached hydrogens (tertiary/aromatic N) is 4. The minimum absolute atomic E-state index is 0.0570. The molecule has 180 valence electrons. The van der Waals surface area contributed by atoms with Gasteiger partial charge in [0.25, 0.3) is 0 Å². The molecule has 1 saturated heterocycles. The molecule has 0 spiro atoms. The number of fused-ring (bicyclic) bond motifs is 4. The van der Waals surface area contributed by atoms with Gasteiger partial charge in [0, 0.05) is 18.1 Å². The number of anilines is 1. The van der Waals surface area contributed by atoms with Crippen molar-refractivity contribution in [1.29, 1.82) is 0 Å². The van der Waals surface area contributed by atoms with Gasteiger partial charge in [-0.05, 0) is 18.9 Å². The summed E-state index contributed by atoms with van der Waals surface area (Å²) in [6.07, 6.45) is 8.14. The first-order valence-electron chi connectivity index (χ1n) is 10.9. The van der Waals surface area contributed by atoms with E-state index in [4.69, 9.17) is 15.2 Å². The standard InChI is InChI=1S/C23H22N6O6/c1-34-20-12-5-3-2-4-11-15(6-7-16(31)28-13(18(12)32)8-14(20)30)35-23(19(11)33)29-10-27-17-21(24)25-9-26-22(17)29/h2-3,6-11,15,19,23,33H,4-5H2,1H3,(H,28,31)(H2,24,25,26)/b3-2+,7-6+/t11-,15-,19-,23-/m1/s1. The van der Waals surface area contributed by atoms with Crippen molar-refractivity contribution in [3.05, 3.63) is 60.1 Å². The largest absolute Gasteiger partial charge is 0.492 e. The number of methoxy groups -OCH3 is 1. The van der Waals surface area contributed by atoms with Gasteiger partial charge in [0.05, 0.1) is 30.8 Å². The number of Topliss-reactive ketones (excluding diaryl/α,β-unsaturated/α-hetero) is 1. The lowest BCUT2D eigenvalue weighted by Gasteiger charge is -2.18. The maximum absolute atomic E-state index is 12.8. The Hall–Kier alpha value is -4.16. The van der Waals surface area contributed by atoms with Crippen LogP contribution in [0.5, 0.6) is 0 Å². The van der Waals surface area contributed by atoms with Crippen LogP contribution >= 0.6 is 0 Å². The Morgan fingerprint density at radius 1 is 1.23 bits per heavy atom. The lowest BCUT2D eigenvalue weighted by Crippen LogP contribution is -2.31. The van der Waals surface area contributed by atoms with Crippen LogP contribution in [0.1, 0.15) is 19.1 Å². The molecule has 1 fully saturated rings. The SMILES string of the molecule is COC1=C2C/C=C/C[C@H]3[C@@H](O)[C@H](n4cnc5c(N)ncnc54)O[C@@H]3/C=C/C(=O)NC(=CC1=O)C2=O. The van der Waals surface area contributed by atoms with E-state index in [0.717, 1.165) is 6.08 Å². The van der Waals surface area contributed by atoms with E-state index in [1.165, 1.54) is 31.9 Å². The van der Waals surface area contributed by atoms with Gasteiger partial charge in [-0.3, -0.25) is 19.0 Å². The highest BCUT2D eigenvalue weighted by atomic mass is 16.5. The number of aliphatic hydroxyl groups excluding tert-OH is 1. The van der Waals surface area contributed by atoms with E-state index in [1.807, 2.05) is 0 Å². The zero-order chi connectivity index (χ0) is 24.7. The minimum Gasteiger partial charge on any atom is -0.492 e. The number of nitrogens with one attached hydrogen (secondary N) is 1. The van der Waals surface area contributed by atoms with Crippen LogP contribution in [-0.2, 0) is 23.9 Å². The average Bonchev–Trinajstić information content (AvgIpc) is 3.39. The number of rotatable bonds is 2. The second kappa shape index (κ2) is 8.89. The zero-order valence-corrected chi connectivity index (χ0v) is 18.6. The van der Waals surface area contributed by atoms with Gasteiger partial charge in [0.1, 0.15) is 17.9 Å². The van der Waals surface area contributed by atoms with Gasteiger partial charge in [0.15, 0.2) is 23.5 Å². The normalized spacial score (nSPS) is 29.0. The molecule has 4 atom stereocenters. The molecule has 12 heteroatoms. The number of carbonyl (C=O) groups is 3. The molecule has 0 radical (unpaired) electrons. The minimum atomic E-state index is -0.977. The fraction of sp³-hybridized carbons (Fsp3) is 0.304. The predicted octanol–water partition coefficient (Wildman–Crippen LogP) is 0.242. The molecule has 3 aliphatic rings. The first kappa shape index (κ1) is 22.6. The number of hydrogen-bond donors (Lipinski definition) is 3. The van der Waals surface area contributed by atoms with Crippen LogP contribution in [0.2, 0.25) is 0 Å². The maximum Gasteiger partial charge on any atom is 0.248 e. The average molecular weight is 478 g/mol. The molecular weight excluding hydrogens is 456 g/mol. The first-order chi connectivity index (χ1) is 16.9. The third kappa shape index (κ3) is 3.92. The smallest absolute Gasteiger partial charge is 0.248 e. The summed E-state index contributed by atoms with van der Waals surface area (Å²) < 4.78 is 12.8. The van der Waals surface area contributed by atoms with Crippen LogP contribution in [0.15, 0.2) is 60.1 Å². The Kier molecular flexibility index (Phi) is 5.75. The molecule has 2 aliphatic heterocycles. The summed E-state index contributed by atoms with van der Waals surface area (Å²) in [5.41, 5.74) is 6.70. The van der Waals surface area contributed by atoms with Gasteiger partial charge < -0.3 is 25.6 Å². The maximum atomic E-state index is 12.8. The Morgan fingerprint density at radius 2 is 2.06 bits per heavy atom.